The summed E-state index contributed by atoms with van der Waals surface area (Å²) in [7, 11) is 1.44. The number of ether oxygens (including phenoxy) is 2. The van der Waals surface area contributed by atoms with Crippen molar-refractivity contribution in [3.8, 4) is 11.5 Å². The number of carbonyl (C=O) groups excluding carboxylic acids is 2. The molecule has 1 aliphatic heterocycles. The minimum Gasteiger partial charge on any atom is -0.493 e. The lowest BCUT2D eigenvalue weighted by Crippen LogP contribution is -2.39. The Balaban J connectivity index is 1.85. The standard InChI is InChI=1S/C25H27NO8/c1-33-20-12-14(8-9-19(20)34-13-22(31)32)23-24-15(4-2-6-17(24)27)26(11-10-21(29)30)16-5-3-7-18(28)25(16)23/h8-9,12,23H,2-7,10-11,13H2,1H3,(H,29,30)(H,31,32). The van der Waals surface area contributed by atoms with Gasteiger partial charge in [0.25, 0.3) is 0 Å². The molecule has 9 nitrogen and oxygen atoms in total. The highest BCUT2D eigenvalue weighted by Gasteiger charge is 2.43. The predicted molar refractivity (Wildman–Crippen MR) is 120 cm³/mol. The SMILES string of the molecule is COc1cc(C2C3=C(CCCC3=O)N(CCC(=O)O)C3=C2C(=O)CCC3)ccc1OCC(=O)O. The first-order chi connectivity index (χ1) is 16.3. The summed E-state index contributed by atoms with van der Waals surface area (Å²) in [5.74, 6) is -2.15. The van der Waals surface area contributed by atoms with Gasteiger partial charge in [-0.3, -0.25) is 14.4 Å². The summed E-state index contributed by atoms with van der Waals surface area (Å²) < 4.78 is 10.7. The summed E-state index contributed by atoms with van der Waals surface area (Å²) in [4.78, 5) is 50.6. The van der Waals surface area contributed by atoms with Crippen molar-refractivity contribution in [3.05, 3.63) is 46.3 Å². The van der Waals surface area contributed by atoms with E-state index in [1.165, 1.54) is 7.11 Å². The van der Waals surface area contributed by atoms with Gasteiger partial charge in [-0.05, 0) is 43.4 Å². The summed E-state index contributed by atoms with van der Waals surface area (Å²) in [6, 6.07) is 5.01. The van der Waals surface area contributed by atoms with E-state index in [1.807, 2.05) is 4.90 Å². The fraction of sp³-hybridized carbons (Fsp3) is 0.440. The average molecular weight is 469 g/mol. The number of nitrogens with zero attached hydrogens (tertiary/aromatic N) is 1. The Morgan fingerprint density at radius 2 is 1.56 bits per heavy atom. The summed E-state index contributed by atoms with van der Waals surface area (Å²) in [6.07, 6.45) is 3.28. The van der Waals surface area contributed by atoms with Crippen molar-refractivity contribution in [2.24, 2.45) is 0 Å². The molecule has 2 N–H and O–H groups in total. The third kappa shape index (κ3) is 4.42. The van der Waals surface area contributed by atoms with Crippen molar-refractivity contribution in [2.45, 2.75) is 50.9 Å². The second-order valence-electron chi connectivity index (χ2n) is 8.60. The molecule has 180 valence electrons. The maximum absolute atomic E-state index is 13.2. The normalized spacial score (nSPS) is 18.6. The summed E-state index contributed by atoms with van der Waals surface area (Å²) in [5.41, 5.74) is 3.39. The first-order valence-electron chi connectivity index (χ1n) is 11.4. The van der Waals surface area contributed by atoms with E-state index in [2.05, 4.69) is 0 Å². The largest absolute Gasteiger partial charge is 0.493 e. The van der Waals surface area contributed by atoms with Crippen molar-refractivity contribution < 1.29 is 38.9 Å². The van der Waals surface area contributed by atoms with Gasteiger partial charge in [-0.25, -0.2) is 4.79 Å². The van der Waals surface area contributed by atoms with E-state index in [0.29, 0.717) is 61.0 Å². The van der Waals surface area contributed by atoms with E-state index in [1.54, 1.807) is 18.2 Å². The van der Waals surface area contributed by atoms with Crippen molar-refractivity contribution in [1.29, 1.82) is 0 Å². The maximum atomic E-state index is 13.2. The molecule has 0 aromatic heterocycles. The molecule has 1 aromatic rings. The molecule has 4 rings (SSSR count). The number of aliphatic carboxylic acids is 2. The highest BCUT2D eigenvalue weighted by atomic mass is 16.5. The lowest BCUT2D eigenvalue weighted by molar-refractivity contribution is -0.139. The molecular weight excluding hydrogens is 442 g/mol. The average Bonchev–Trinajstić information content (AvgIpc) is 2.81. The molecule has 0 amide bonds. The minimum atomic E-state index is -1.12. The predicted octanol–water partition coefficient (Wildman–Crippen LogP) is 3.05. The van der Waals surface area contributed by atoms with Crippen molar-refractivity contribution in [3.63, 3.8) is 0 Å². The Hall–Kier alpha value is -3.62. The van der Waals surface area contributed by atoms with Crippen LogP contribution in [0.25, 0.3) is 0 Å². The van der Waals surface area contributed by atoms with Gasteiger partial charge < -0.3 is 24.6 Å². The fourth-order valence-electron chi connectivity index (χ4n) is 5.15. The molecule has 0 unspecified atom stereocenters. The molecule has 0 radical (unpaired) electrons. The highest BCUT2D eigenvalue weighted by molar-refractivity contribution is 6.06. The van der Waals surface area contributed by atoms with Gasteiger partial charge in [0, 0.05) is 47.8 Å². The van der Waals surface area contributed by atoms with Crippen LogP contribution in [-0.4, -0.2) is 58.9 Å². The van der Waals surface area contributed by atoms with Crippen LogP contribution < -0.4 is 9.47 Å². The lowest BCUT2D eigenvalue weighted by Gasteiger charge is -2.44. The fourth-order valence-corrected chi connectivity index (χ4v) is 5.15. The van der Waals surface area contributed by atoms with Crippen LogP contribution >= 0.6 is 0 Å². The Kier molecular flexibility index (Phi) is 6.72. The zero-order valence-electron chi connectivity index (χ0n) is 19.0. The van der Waals surface area contributed by atoms with E-state index in [4.69, 9.17) is 14.6 Å². The molecule has 1 aromatic carbocycles. The van der Waals surface area contributed by atoms with Gasteiger partial charge >= 0.3 is 11.9 Å². The van der Waals surface area contributed by atoms with Gasteiger partial charge in [-0.2, -0.15) is 0 Å². The van der Waals surface area contributed by atoms with E-state index in [0.717, 1.165) is 11.4 Å². The molecule has 0 atom stereocenters. The van der Waals surface area contributed by atoms with Gasteiger partial charge in [-0.15, -0.1) is 0 Å². The second-order valence-corrected chi connectivity index (χ2v) is 8.60. The third-order valence-electron chi connectivity index (χ3n) is 6.51. The Morgan fingerprint density at radius 3 is 2.09 bits per heavy atom. The summed E-state index contributed by atoms with van der Waals surface area (Å²) in [5, 5.41) is 18.2. The van der Waals surface area contributed by atoms with Crippen LogP contribution in [0.3, 0.4) is 0 Å². The number of ketones is 2. The van der Waals surface area contributed by atoms with E-state index in [9.17, 15) is 24.3 Å². The molecule has 3 aliphatic rings. The number of hydrogen-bond donors (Lipinski definition) is 2. The number of benzene rings is 1. The number of methoxy groups -OCH3 is 1. The van der Waals surface area contributed by atoms with Gasteiger partial charge in [0.1, 0.15) is 0 Å². The number of allylic oxidation sites excluding steroid dienone is 4. The van der Waals surface area contributed by atoms with Crippen LogP contribution in [0.2, 0.25) is 0 Å². The maximum Gasteiger partial charge on any atom is 0.341 e. The Morgan fingerprint density at radius 1 is 0.941 bits per heavy atom. The number of carbonyl (C=O) groups is 4. The number of rotatable bonds is 8. The van der Waals surface area contributed by atoms with Gasteiger partial charge in [-0.1, -0.05) is 6.07 Å². The third-order valence-corrected chi connectivity index (χ3v) is 6.51. The number of carboxylic acid groups (broad SMARTS) is 2. The van der Waals surface area contributed by atoms with Crippen LogP contribution in [0.4, 0.5) is 0 Å². The second kappa shape index (κ2) is 9.70. The zero-order chi connectivity index (χ0) is 24.4. The zero-order valence-corrected chi connectivity index (χ0v) is 19.0. The van der Waals surface area contributed by atoms with E-state index < -0.39 is 24.5 Å². The van der Waals surface area contributed by atoms with E-state index in [-0.39, 0.29) is 30.3 Å². The monoisotopic (exact) mass is 469 g/mol. The van der Waals surface area contributed by atoms with Crippen molar-refractivity contribution in [1.82, 2.24) is 4.90 Å². The molecule has 9 heteroatoms. The van der Waals surface area contributed by atoms with Crippen LogP contribution in [-0.2, 0) is 19.2 Å². The molecule has 0 fully saturated rings. The first-order valence-corrected chi connectivity index (χ1v) is 11.4. The quantitative estimate of drug-likeness (QED) is 0.590. The highest BCUT2D eigenvalue weighted by Crippen LogP contribution is 2.50. The van der Waals surface area contributed by atoms with Crippen molar-refractivity contribution in [2.75, 3.05) is 20.3 Å². The molecule has 0 spiro atoms. The van der Waals surface area contributed by atoms with Gasteiger partial charge in [0.2, 0.25) is 0 Å². The minimum absolute atomic E-state index is 0.0401. The van der Waals surface area contributed by atoms with E-state index >= 15 is 0 Å². The molecule has 1 heterocycles. The van der Waals surface area contributed by atoms with Crippen LogP contribution in [0, 0.1) is 0 Å². The summed E-state index contributed by atoms with van der Waals surface area (Å²) in [6.45, 7) is -0.315. The Bertz CT molecular complexity index is 1070. The van der Waals surface area contributed by atoms with Gasteiger partial charge in [0.05, 0.1) is 13.5 Å². The first kappa shape index (κ1) is 23.5. The number of Topliss-reactive ketones (excluding diaryl/α,β-unsaturated/α-hetero) is 2. The molecule has 34 heavy (non-hydrogen) atoms. The lowest BCUT2D eigenvalue weighted by atomic mass is 9.71. The van der Waals surface area contributed by atoms with Gasteiger partial charge in [0.15, 0.2) is 29.7 Å². The molecule has 2 aliphatic carbocycles. The van der Waals surface area contributed by atoms with Crippen LogP contribution in [0.5, 0.6) is 11.5 Å². The Labute approximate surface area is 196 Å². The molecular formula is C25H27NO8. The molecule has 0 saturated heterocycles. The molecule has 0 saturated carbocycles. The topological polar surface area (TPSA) is 130 Å². The number of carboxylic acids is 2. The molecule has 0 bridgehead atoms. The van der Waals surface area contributed by atoms with Crippen LogP contribution in [0.1, 0.15) is 56.4 Å². The van der Waals surface area contributed by atoms with Crippen LogP contribution in [0.15, 0.2) is 40.7 Å². The summed E-state index contributed by atoms with van der Waals surface area (Å²) >= 11 is 0. The van der Waals surface area contributed by atoms with Crippen molar-refractivity contribution >= 4 is 23.5 Å². The smallest absolute Gasteiger partial charge is 0.341 e. The number of hydrogen-bond acceptors (Lipinski definition) is 7.